The Kier molecular flexibility index (Phi) is 6.09. The van der Waals surface area contributed by atoms with Gasteiger partial charge in [0, 0.05) is 25.6 Å². The fraction of sp³-hybridized carbons (Fsp3) is 0.556. The molecule has 0 bridgehead atoms. The number of piperidine rings is 1. The predicted octanol–water partition coefficient (Wildman–Crippen LogP) is 0.666. The third kappa shape index (κ3) is 4.39. The second-order valence-corrected chi connectivity index (χ2v) is 8.76. The molecular formula is C18H24N2O7S. The second-order valence-electron chi connectivity index (χ2n) is 6.82. The van der Waals surface area contributed by atoms with E-state index in [1.807, 2.05) is 0 Å². The van der Waals surface area contributed by atoms with E-state index in [0.717, 1.165) is 6.42 Å². The van der Waals surface area contributed by atoms with E-state index in [1.165, 1.54) is 23.4 Å². The summed E-state index contributed by atoms with van der Waals surface area (Å²) in [5.41, 5.74) is 5.09. The highest BCUT2D eigenvalue weighted by Gasteiger charge is 2.34. The van der Waals surface area contributed by atoms with Crippen molar-refractivity contribution in [3.8, 4) is 11.5 Å². The average Bonchev–Trinajstić information content (AvgIpc) is 2.92. The molecule has 154 valence electrons. The van der Waals surface area contributed by atoms with Gasteiger partial charge in [-0.3, -0.25) is 9.59 Å². The molecular weight excluding hydrogens is 388 g/mol. The molecule has 0 aliphatic carbocycles. The molecule has 9 nitrogen and oxygen atoms in total. The minimum Gasteiger partial charge on any atom is -0.490 e. The summed E-state index contributed by atoms with van der Waals surface area (Å²) < 4.78 is 43.4. The fourth-order valence-electron chi connectivity index (χ4n) is 3.11. The number of rotatable bonds is 5. The maximum Gasteiger partial charge on any atom is 0.309 e. The smallest absolute Gasteiger partial charge is 0.309 e. The monoisotopic (exact) mass is 412 g/mol. The van der Waals surface area contributed by atoms with Crippen molar-refractivity contribution >= 4 is 21.9 Å². The van der Waals surface area contributed by atoms with Crippen molar-refractivity contribution in [2.75, 3.05) is 26.3 Å². The molecule has 2 aliphatic rings. The molecule has 1 aromatic carbocycles. The number of hydrogen-bond donors (Lipinski definition) is 1. The molecule has 0 saturated carbocycles. The van der Waals surface area contributed by atoms with E-state index in [1.54, 1.807) is 6.07 Å². The van der Waals surface area contributed by atoms with Gasteiger partial charge in [0.1, 0.15) is 0 Å². The van der Waals surface area contributed by atoms with Crippen LogP contribution in [0.4, 0.5) is 0 Å². The van der Waals surface area contributed by atoms with Gasteiger partial charge in [-0.05, 0) is 31.9 Å². The Bertz CT molecular complexity index is 847. The van der Waals surface area contributed by atoms with Crippen molar-refractivity contribution in [3.05, 3.63) is 18.2 Å². The van der Waals surface area contributed by atoms with Crippen molar-refractivity contribution in [1.29, 1.82) is 0 Å². The summed E-state index contributed by atoms with van der Waals surface area (Å²) in [5, 5.41) is 0. The molecule has 1 aromatic rings. The summed E-state index contributed by atoms with van der Waals surface area (Å²) in [4.78, 5) is 23.2. The van der Waals surface area contributed by atoms with Crippen LogP contribution in [0.15, 0.2) is 23.1 Å². The zero-order valence-electron chi connectivity index (χ0n) is 15.6. The van der Waals surface area contributed by atoms with E-state index >= 15 is 0 Å². The number of nitrogens with two attached hydrogens (primary N) is 1. The molecule has 2 N–H and O–H groups in total. The highest BCUT2D eigenvalue weighted by molar-refractivity contribution is 7.89. The number of carbonyl (C=O) groups excluding carboxylic acids is 2. The van der Waals surface area contributed by atoms with E-state index in [0.29, 0.717) is 37.6 Å². The molecule has 0 aromatic heterocycles. The maximum atomic E-state index is 13.0. The van der Waals surface area contributed by atoms with Gasteiger partial charge in [-0.1, -0.05) is 0 Å². The van der Waals surface area contributed by atoms with E-state index in [4.69, 9.17) is 19.9 Å². The van der Waals surface area contributed by atoms with Crippen LogP contribution in [0, 0.1) is 5.92 Å². The maximum absolute atomic E-state index is 13.0. The number of carbonyl (C=O) groups is 2. The van der Waals surface area contributed by atoms with Gasteiger partial charge in [0.2, 0.25) is 10.0 Å². The van der Waals surface area contributed by atoms with Crippen molar-refractivity contribution in [2.24, 2.45) is 11.7 Å². The second kappa shape index (κ2) is 8.36. The molecule has 28 heavy (non-hydrogen) atoms. The molecule has 1 fully saturated rings. The third-order valence-electron chi connectivity index (χ3n) is 4.84. The first kappa shape index (κ1) is 20.4. The molecule has 0 spiro atoms. The van der Waals surface area contributed by atoms with Gasteiger partial charge in [0.05, 0.1) is 24.0 Å². The van der Waals surface area contributed by atoms with Crippen molar-refractivity contribution in [1.82, 2.24) is 4.31 Å². The van der Waals surface area contributed by atoms with E-state index in [9.17, 15) is 18.0 Å². The number of benzene rings is 1. The molecule has 0 unspecified atom stereocenters. The fourth-order valence-corrected chi connectivity index (χ4v) is 4.60. The first-order valence-electron chi connectivity index (χ1n) is 9.18. The SMILES string of the molecule is C[C@@H](OC(=O)C1CCN(S(=O)(=O)c2ccc3c(c2)OCCCO3)CC1)C(N)=O. The number of fused-ring (bicyclic) bond motifs is 1. The number of primary amides is 1. The van der Waals surface area contributed by atoms with Crippen molar-refractivity contribution in [3.63, 3.8) is 0 Å². The Hall–Kier alpha value is -2.33. The zero-order valence-corrected chi connectivity index (χ0v) is 16.4. The molecule has 2 heterocycles. The first-order valence-corrected chi connectivity index (χ1v) is 10.6. The Balaban J connectivity index is 1.66. The minimum absolute atomic E-state index is 0.125. The van der Waals surface area contributed by atoms with Crippen LogP contribution in [0.3, 0.4) is 0 Å². The lowest BCUT2D eigenvalue weighted by Gasteiger charge is -2.30. The van der Waals surface area contributed by atoms with Crippen LogP contribution in [0.1, 0.15) is 26.2 Å². The Morgan fingerprint density at radius 3 is 2.46 bits per heavy atom. The van der Waals surface area contributed by atoms with Gasteiger partial charge in [-0.25, -0.2) is 8.42 Å². The number of esters is 1. The number of ether oxygens (including phenoxy) is 3. The zero-order chi connectivity index (χ0) is 20.3. The van der Waals surface area contributed by atoms with Gasteiger partial charge in [-0.15, -0.1) is 0 Å². The summed E-state index contributed by atoms with van der Waals surface area (Å²) in [5.74, 6) is -0.766. The molecule has 0 radical (unpaired) electrons. The van der Waals surface area contributed by atoms with E-state index in [2.05, 4.69) is 0 Å². The van der Waals surface area contributed by atoms with Crippen LogP contribution in [0.5, 0.6) is 11.5 Å². The summed E-state index contributed by atoms with van der Waals surface area (Å²) in [7, 11) is -3.72. The Morgan fingerprint density at radius 1 is 1.18 bits per heavy atom. The van der Waals surface area contributed by atoms with Gasteiger partial charge < -0.3 is 19.9 Å². The number of amides is 1. The van der Waals surface area contributed by atoms with Crippen LogP contribution >= 0.6 is 0 Å². The summed E-state index contributed by atoms with van der Waals surface area (Å²) >= 11 is 0. The van der Waals surface area contributed by atoms with Crippen molar-refractivity contribution in [2.45, 2.75) is 37.2 Å². The summed E-state index contributed by atoms with van der Waals surface area (Å²) in [6, 6.07) is 4.57. The van der Waals surface area contributed by atoms with E-state index in [-0.39, 0.29) is 18.0 Å². The predicted molar refractivity (Wildman–Crippen MR) is 98.3 cm³/mol. The number of sulfonamides is 1. The topological polar surface area (TPSA) is 125 Å². The van der Waals surface area contributed by atoms with Crippen molar-refractivity contribution < 1.29 is 32.2 Å². The standard InChI is InChI=1S/C18H24N2O7S/c1-12(17(19)21)27-18(22)13-5-7-20(8-6-13)28(23,24)14-3-4-15-16(11-14)26-10-2-9-25-15/h3-4,11-13H,2,5-10H2,1H3,(H2,19,21)/t12-/m1/s1. The van der Waals surface area contributed by atoms with Gasteiger partial charge in [0.15, 0.2) is 17.6 Å². The number of nitrogens with zero attached hydrogens (tertiary/aromatic N) is 1. The summed E-state index contributed by atoms with van der Waals surface area (Å²) in [6.45, 7) is 2.76. The van der Waals surface area contributed by atoms with Crippen LogP contribution in [0.2, 0.25) is 0 Å². The third-order valence-corrected chi connectivity index (χ3v) is 6.73. The Labute approximate surface area is 163 Å². The lowest BCUT2D eigenvalue weighted by molar-refractivity contribution is -0.159. The highest BCUT2D eigenvalue weighted by atomic mass is 32.2. The molecule has 2 aliphatic heterocycles. The lowest BCUT2D eigenvalue weighted by atomic mass is 9.98. The minimum atomic E-state index is -3.72. The molecule has 1 amide bonds. The highest BCUT2D eigenvalue weighted by Crippen LogP contribution is 2.33. The molecule has 10 heteroatoms. The largest absolute Gasteiger partial charge is 0.490 e. The summed E-state index contributed by atoms with van der Waals surface area (Å²) in [6.07, 6.45) is 0.354. The van der Waals surface area contributed by atoms with Crippen LogP contribution in [-0.2, 0) is 24.3 Å². The van der Waals surface area contributed by atoms with Crippen LogP contribution < -0.4 is 15.2 Å². The normalized spacial score (nSPS) is 19.5. The average molecular weight is 412 g/mol. The molecule has 1 saturated heterocycles. The first-order chi connectivity index (χ1) is 13.3. The van der Waals surface area contributed by atoms with Gasteiger partial charge >= 0.3 is 5.97 Å². The van der Waals surface area contributed by atoms with Gasteiger partial charge in [0.25, 0.3) is 5.91 Å². The van der Waals surface area contributed by atoms with E-state index < -0.39 is 33.9 Å². The van der Waals surface area contributed by atoms with Crippen LogP contribution in [0.25, 0.3) is 0 Å². The molecule has 3 rings (SSSR count). The lowest BCUT2D eigenvalue weighted by Crippen LogP contribution is -2.41. The Morgan fingerprint density at radius 2 is 1.82 bits per heavy atom. The quantitative estimate of drug-likeness (QED) is 0.705. The van der Waals surface area contributed by atoms with Gasteiger partial charge in [-0.2, -0.15) is 4.31 Å². The molecule has 1 atom stereocenters. The number of hydrogen-bond acceptors (Lipinski definition) is 7. The van der Waals surface area contributed by atoms with Crippen LogP contribution in [-0.4, -0.2) is 57.0 Å².